The zero-order valence-corrected chi connectivity index (χ0v) is 6.82. The van der Waals surface area contributed by atoms with Gasteiger partial charge in [-0.2, -0.15) is 17.6 Å². The summed E-state index contributed by atoms with van der Waals surface area (Å²) in [6, 6.07) is 6.75. The summed E-state index contributed by atoms with van der Waals surface area (Å²) in [4.78, 5) is 0. The van der Waals surface area contributed by atoms with Crippen LogP contribution in [0, 0.1) is 6.07 Å². The van der Waals surface area contributed by atoms with Crippen LogP contribution in [0.15, 0.2) is 24.3 Å². The van der Waals surface area contributed by atoms with E-state index < -0.39 is 17.4 Å². The molecular weight excluding hydrogens is 184 g/mol. The van der Waals surface area contributed by atoms with E-state index in [1.807, 2.05) is 0 Å². The molecule has 1 aromatic rings. The fourth-order valence-corrected chi connectivity index (χ4v) is 0.842. The van der Waals surface area contributed by atoms with Crippen LogP contribution in [0.5, 0.6) is 0 Å². The number of hydrogen-bond acceptors (Lipinski definition) is 0. The second kappa shape index (κ2) is 3.01. The predicted octanol–water partition coefficient (Wildman–Crippen LogP) is 3.23. The third kappa shape index (κ3) is 1.82. The summed E-state index contributed by atoms with van der Waals surface area (Å²) < 4.78 is 50.6. The smallest absolute Gasteiger partial charge is 0.200 e. The Kier molecular flexibility index (Phi) is 2.32. The highest BCUT2D eigenvalue weighted by Gasteiger charge is 2.53. The first-order valence-corrected chi connectivity index (χ1v) is 3.58. The second-order valence-corrected chi connectivity index (χ2v) is 2.75. The van der Waals surface area contributed by atoms with Gasteiger partial charge in [-0.1, -0.05) is 18.2 Å². The molecule has 71 valence electrons. The van der Waals surface area contributed by atoms with Crippen molar-refractivity contribution in [3.63, 3.8) is 0 Å². The quantitative estimate of drug-likeness (QED) is 0.629. The molecule has 0 bridgehead atoms. The summed E-state index contributed by atoms with van der Waals surface area (Å²) in [5, 5.41) is 0. The lowest BCUT2D eigenvalue weighted by atomic mass is 10.0. The van der Waals surface area contributed by atoms with Crippen LogP contribution in [0.25, 0.3) is 0 Å². The lowest BCUT2D eigenvalue weighted by Gasteiger charge is -2.22. The standard InChI is InChI=1S/C9H7F4/c1-8(10,11)9(12,13)7-5-3-2-4-6-7/h2-3,5-6H,1H3. The Labute approximate surface area is 73.2 Å². The summed E-state index contributed by atoms with van der Waals surface area (Å²) in [6.45, 7) is 0.194. The Bertz CT molecular complexity index is 273. The molecule has 0 fully saturated rings. The van der Waals surface area contributed by atoms with E-state index in [9.17, 15) is 17.6 Å². The number of benzene rings is 1. The highest BCUT2D eigenvalue weighted by Crippen LogP contribution is 2.42. The first kappa shape index (κ1) is 10.0. The van der Waals surface area contributed by atoms with Gasteiger partial charge in [-0.15, -0.1) is 0 Å². The second-order valence-electron chi connectivity index (χ2n) is 2.75. The van der Waals surface area contributed by atoms with Gasteiger partial charge < -0.3 is 0 Å². The van der Waals surface area contributed by atoms with E-state index >= 15 is 0 Å². The van der Waals surface area contributed by atoms with E-state index in [1.165, 1.54) is 12.1 Å². The lowest BCUT2D eigenvalue weighted by Crippen LogP contribution is -2.34. The average molecular weight is 191 g/mol. The summed E-state index contributed by atoms with van der Waals surface area (Å²) in [5.74, 6) is -8.19. The predicted molar refractivity (Wildman–Crippen MR) is 39.8 cm³/mol. The molecule has 0 amide bonds. The minimum absolute atomic E-state index is 0.194. The SMILES string of the molecule is CC(F)(F)C(F)(F)c1c[c]ccc1. The molecule has 13 heavy (non-hydrogen) atoms. The molecule has 0 aliphatic rings. The van der Waals surface area contributed by atoms with E-state index in [0.29, 0.717) is 0 Å². The van der Waals surface area contributed by atoms with Crippen molar-refractivity contribution in [3.8, 4) is 0 Å². The fourth-order valence-electron chi connectivity index (χ4n) is 0.842. The van der Waals surface area contributed by atoms with Crippen molar-refractivity contribution in [1.82, 2.24) is 0 Å². The van der Waals surface area contributed by atoms with Crippen molar-refractivity contribution in [2.75, 3.05) is 0 Å². The van der Waals surface area contributed by atoms with Gasteiger partial charge in [-0.05, 0) is 12.1 Å². The maximum atomic E-state index is 12.9. The average Bonchev–Trinajstić information content (AvgIpc) is 2.04. The fraction of sp³-hybridized carbons (Fsp3) is 0.333. The molecule has 0 nitrogen and oxygen atoms in total. The van der Waals surface area contributed by atoms with E-state index in [-0.39, 0.29) is 6.92 Å². The Hall–Kier alpha value is -1.06. The van der Waals surface area contributed by atoms with Gasteiger partial charge in [0, 0.05) is 12.5 Å². The lowest BCUT2D eigenvalue weighted by molar-refractivity contribution is -0.204. The Balaban J connectivity index is 3.08. The maximum absolute atomic E-state index is 12.9. The van der Waals surface area contributed by atoms with Crippen LogP contribution in [0.1, 0.15) is 12.5 Å². The molecule has 0 unspecified atom stereocenters. The molecule has 0 atom stereocenters. The van der Waals surface area contributed by atoms with Crippen LogP contribution in [-0.2, 0) is 5.92 Å². The molecule has 0 aromatic heterocycles. The molecular formula is C9H7F4. The minimum atomic E-state index is -4.13. The summed E-state index contributed by atoms with van der Waals surface area (Å²) in [5.41, 5.74) is -0.720. The number of alkyl halides is 4. The topological polar surface area (TPSA) is 0 Å². The van der Waals surface area contributed by atoms with Gasteiger partial charge in [-0.3, -0.25) is 0 Å². The number of halogens is 4. The molecule has 1 aromatic carbocycles. The summed E-state index contributed by atoms with van der Waals surface area (Å²) in [7, 11) is 0. The molecule has 0 aliphatic carbocycles. The van der Waals surface area contributed by atoms with E-state index in [0.717, 1.165) is 12.1 Å². The first-order valence-electron chi connectivity index (χ1n) is 3.58. The van der Waals surface area contributed by atoms with Crippen LogP contribution in [0.4, 0.5) is 17.6 Å². The summed E-state index contributed by atoms with van der Waals surface area (Å²) >= 11 is 0. The number of rotatable bonds is 2. The molecule has 0 heterocycles. The van der Waals surface area contributed by atoms with Gasteiger partial charge in [0.25, 0.3) is 0 Å². The Morgan fingerprint density at radius 1 is 1.23 bits per heavy atom. The molecule has 0 spiro atoms. The molecule has 0 saturated carbocycles. The van der Waals surface area contributed by atoms with Crippen molar-refractivity contribution in [1.29, 1.82) is 0 Å². The Morgan fingerprint density at radius 3 is 2.23 bits per heavy atom. The normalized spacial score (nSPS) is 13.0. The van der Waals surface area contributed by atoms with Crippen molar-refractivity contribution in [2.24, 2.45) is 0 Å². The molecule has 0 aliphatic heterocycles. The maximum Gasteiger partial charge on any atom is 0.335 e. The molecule has 0 N–H and O–H groups in total. The largest absolute Gasteiger partial charge is 0.335 e. The van der Waals surface area contributed by atoms with E-state index in [4.69, 9.17) is 0 Å². The Morgan fingerprint density at radius 2 is 1.85 bits per heavy atom. The van der Waals surface area contributed by atoms with Crippen LogP contribution in [0.2, 0.25) is 0 Å². The van der Waals surface area contributed by atoms with Gasteiger partial charge >= 0.3 is 11.8 Å². The van der Waals surface area contributed by atoms with Gasteiger partial charge in [0.2, 0.25) is 0 Å². The zero-order chi connectivity index (χ0) is 10.1. The molecule has 1 radical (unpaired) electrons. The first-order chi connectivity index (χ1) is 5.86. The van der Waals surface area contributed by atoms with Gasteiger partial charge in [0.1, 0.15) is 0 Å². The highest BCUT2D eigenvalue weighted by atomic mass is 19.3. The van der Waals surface area contributed by atoms with Crippen molar-refractivity contribution < 1.29 is 17.6 Å². The monoisotopic (exact) mass is 191 g/mol. The highest BCUT2D eigenvalue weighted by molar-refractivity contribution is 5.21. The zero-order valence-electron chi connectivity index (χ0n) is 6.82. The van der Waals surface area contributed by atoms with Crippen LogP contribution in [-0.4, -0.2) is 5.92 Å². The summed E-state index contributed by atoms with van der Waals surface area (Å²) in [6.07, 6.45) is 0. The third-order valence-corrected chi connectivity index (χ3v) is 1.62. The van der Waals surface area contributed by atoms with Crippen molar-refractivity contribution in [2.45, 2.75) is 18.8 Å². The molecule has 4 heteroatoms. The van der Waals surface area contributed by atoms with Crippen LogP contribution in [0.3, 0.4) is 0 Å². The van der Waals surface area contributed by atoms with Gasteiger partial charge in [-0.25, -0.2) is 0 Å². The van der Waals surface area contributed by atoms with Gasteiger partial charge in [0.05, 0.1) is 0 Å². The third-order valence-electron chi connectivity index (χ3n) is 1.62. The molecule has 1 rings (SSSR count). The minimum Gasteiger partial charge on any atom is -0.200 e. The van der Waals surface area contributed by atoms with Crippen LogP contribution < -0.4 is 0 Å². The van der Waals surface area contributed by atoms with Crippen LogP contribution >= 0.6 is 0 Å². The van der Waals surface area contributed by atoms with Crippen molar-refractivity contribution >= 4 is 0 Å². The van der Waals surface area contributed by atoms with E-state index in [1.54, 1.807) is 0 Å². The molecule has 0 saturated heterocycles. The van der Waals surface area contributed by atoms with Crippen molar-refractivity contribution in [3.05, 3.63) is 35.9 Å². The van der Waals surface area contributed by atoms with E-state index in [2.05, 4.69) is 6.07 Å². The number of hydrogen-bond donors (Lipinski definition) is 0. The van der Waals surface area contributed by atoms with Gasteiger partial charge in [0.15, 0.2) is 0 Å².